The van der Waals surface area contributed by atoms with E-state index in [9.17, 15) is 9.18 Å². The molecule has 16 heavy (non-hydrogen) atoms. The minimum atomic E-state index is -0.300. The Morgan fingerprint density at radius 3 is 2.88 bits per heavy atom. The summed E-state index contributed by atoms with van der Waals surface area (Å²) in [5.41, 5.74) is 0.346. The maximum atomic E-state index is 13.6. The van der Waals surface area contributed by atoms with Crippen molar-refractivity contribution in [3.05, 3.63) is 34.1 Å². The second kappa shape index (κ2) is 4.17. The van der Waals surface area contributed by atoms with E-state index in [-0.39, 0.29) is 17.3 Å². The van der Waals surface area contributed by atoms with Gasteiger partial charge in [0.1, 0.15) is 5.82 Å². The minimum absolute atomic E-state index is 0.0556. The van der Waals surface area contributed by atoms with E-state index < -0.39 is 0 Å². The van der Waals surface area contributed by atoms with Crippen molar-refractivity contribution in [3.8, 4) is 0 Å². The van der Waals surface area contributed by atoms with Crippen LogP contribution in [0.5, 0.6) is 0 Å². The van der Waals surface area contributed by atoms with Crippen LogP contribution in [0.4, 0.5) is 4.39 Å². The highest BCUT2D eigenvalue weighted by Crippen LogP contribution is 2.26. The van der Waals surface area contributed by atoms with Crippen LogP contribution in [-0.4, -0.2) is 11.4 Å². The standard InChI is InChI=1S/C12H13BrFNO/c1-12(5-4-11(16)15-12)7-8-2-3-9(13)6-10(8)14/h2-3,6H,4-5,7H2,1H3,(H,15,16). The number of hydrogen-bond acceptors (Lipinski definition) is 1. The van der Waals surface area contributed by atoms with Crippen LogP contribution in [0.25, 0.3) is 0 Å². The third kappa shape index (κ3) is 2.43. The third-order valence-corrected chi connectivity index (χ3v) is 3.43. The predicted octanol–water partition coefficient (Wildman–Crippen LogP) is 2.80. The van der Waals surface area contributed by atoms with Gasteiger partial charge in [-0.2, -0.15) is 0 Å². The quantitative estimate of drug-likeness (QED) is 0.890. The zero-order chi connectivity index (χ0) is 11.8. The first-order chi connectivity index (χ1) is 7.48. The summed E-state index contributed by atoms with van der Waals surface area (Å²) in [6.07, 6.45) is 1.84. The van der Waals surface area contributed by atoms with Crippen LogP contribution < -0.4 is 5.32 Å². The molecule has 1 heterocycles. The number of amides is 1. The van der Waals surface area contributed by atoms with Crippen LogP contribution in [0, 0.1) is 5.82 Å². The number of benzene rings is 1. The summed E-state index contributed by atoms with van der Waals surface area (Å²) in [4.78, 5) is 11.2. The molecule has 0 radical (unpaired) electrons. The van der Waals surface area contributed by atoms with E-state index in [1.165, 1.54) is 6.07 Å². The summed E-state index contributed by atoms with van der Waals surface area (Å²) >= 11 is 3.22. The van der Waals surface area contributed by atoms with Crippen molar-refractivity contribution in [1.82, 2.24) is 5.32 Å². The van der Waals surface area contributed by atoms with Gasteiger partial charge in [0.15, 0.2) is 0 Å². The molecule has 0 bridgehead atoms. The Morgan fingerprint density at radius 2 is 2.31 bits per heavy atom. The summed E-state index contributed by atoms with van der Waals surface area (Å²) in [5.74, 6) is -0.170. The van der Waals surface area contributed by atoms with Gasteiger partial charge in [-0.3, -0.25) is 4.79 Å². The molecule has 2 nitrogen and oxygen atoms in total. The topological polar surface area (TPSA) is 29.1 Å². The lowest BCUT2D eigenvalue weighted by atomic mass is 9.91. The first kappa shape index (κ1) is 11.6. The zero-order valence-electron chi connectivity index (χ0n) is 9.02. The highest BCUT2D eigenvalue weighted by Gasteiger charge is 2.33. The highest BCUT2D eigenvalue weighted by molar-refractivity contribution is 9.10. The number of carbonyl (C=O) groups is 1. The van der Waals surface area contributed by atoms with E-state index >= 15 is 0 Å². The molecule has 1 saturated heterocycles. The van der Waals surface area contributed by atoms with Crippen molar-refractivity contribution < 1.29 is 9.18 Å². The number of rotatable bonds is 2. The van der Waals surface area contributed by atoms with E-state index in [1.807, 2.05) is 13.0 Å². The lowest BCUT2D eigenvalue weighted by molar-refractivity contribution is -0.119. The lowest BCUT2D eigenvalue weighted by Crippen LogP contribution is -2.40. The Labute approximate surface area is 102 Å². The Balaban J connectivity index is 2.17. The maximum absolute atomic E-state index is 13.6. The summed E-state index contributed by atoms with van der Waals surface area (Å²) in [6, 6.07) is 5.03. The Kier molecular flexibility index (Phi) is 3.02. The number of carbonyl (C=O) groups excluding carboxylic acids is 1. The molecule has 1 amide bonds. The molecule has 1 N–H and O–H groups in total. The fourth-order valence-electron chi connectivity index (χ4n) is 2.07. The van der Waals surface area contributed by atoms with Crippen molar-refractivity contribution in [1.29, 1.82) is 0 Å². The normalized spacial score (nSPS) is 24.6. The molecule has 2 rings (SSSR count). The van der Waals surface area contributed by atoms with Crippen molar-refractivity contribution in [3.63, 3.8) is 0 Å². The van der Waals surface area contributed by atoms with Gasteiger partial charge in [-0.25, -0.2) is 4.39 Å². The predicted molar refractivity (Wildman–Crippen MR) is 63.6 cm³/mol. The van der Waals surface area contributed by atoms with E-state index in [1.54, 1.807) is 6.07 Å². The number of halogens is 2. The first-order valence-corrected chi connectivity index (χ1v) is 6.03. The first-order valence-electron chi connectivity index (χ1n) is 5.23. The summed E-state index contributed by atoms with van der Waals surface area (Å²) in [7, 11) is 0. The summed E-state index contributed by atoms with van der Waals surface area (Å²) in [6.45, 7) is 1.96. The van der Waals surface area contributed by atoms with E-state index in [0.29, 0.717) is 18.4 Å². The van der Waals surface area contributed by atoms with Gasteiger partial charge in [-0.15, -0.1) is 0 Å². The molecule has 1 aromatic rings. The molecule has 4 heteroatoms. The molecular formula is C12H13BrFNO. The third-order valence-electron chi connectivity index (χ3n) is 2.94. The van der Waals surface area contributed by atoms with Crippen LogP contribution in [0.15, 0.2) is 22.7 Å². The fourth-order valence-corrected chi connectivity index (χ4v) is 2.40. The molecule has 0 aliphatic carbocycles. The van der Waals surface area contributed by atoms with Crippen LogP contribution in [-0.2, 0) is 11.2 Å². The number of hydrogen-bond donors (Lipinski definition) is 1. The molecule has 1 fully saturated rings. The summed E-state index contributed by atoms with van der Waals surface area (Å²) < 4.78 is 14.4. The SMILES string of the molecule is CC1(Cc2ccc(Br)cc2F)CCC(=O)N1. The molecule has 0 spiro atoms. The van der Waals surface area contributed by atoms with Crippen molar-refractivity contribution >= 4 is 21.8 Å². The Morgan fingerprint density at radius 1 is 1.56 bits per heavy atom. The van der Waals surface area contributed by atoms with Gasteiger partial charge in [-0.05, 0) is 37.5 Å². The molecule has 1 atom stereocenters. The van der Waals surface area contributed by atoms with Gasteiger partial charge in [0, 0.05) is 16.4 Å². The monoisotopic (exact) mass is 285 g/mol. The fraction of sp³-hybridized carbons (Fsp3) is 0.417. The van der Waals surface area contributed by atoms with Gasteiger partial charge in [-0.1, -0.05) is 22.0 Å². The van der Waals surface area contributed by atoms with Crippen LogP contribution in [0.3, 0.4) is 0 Å². The van der Waals surface area contributed by atoms with Gasteiger partial charge in [0.25, 0.3) is 0 Å². The average Bonchev–Trinajstić information content (AvgIpc) is 2.52. The second-order valence-electron chi connectivity index (χ2n) is 4.52. The highest BCUT2D eigenvalue weighted by atomic mass is 79.9. The van der Waals surface area contributed by atoms with Crippen molar-refractivity contribution in [2.75, 3.05) is 0 Å². The van der Waals surface area contributed by atoms with Crippen molar-refractivity contribution in [2.24, 2.45) is 0 Å². The summed E-state index contributed by atoms with van der Waals surface area (Å²) in [5, 5.41) is 2.90. The van der Waals surface area contributed by atoms with Crippen LogP contribution in [0.1, 0.15) is 25.3 Å². The molecule has 1 unspecified atom stereocenters. The van der Waals surface area contributed by atoms with Crippen LogP contribution >= 0.6 is 15.9 Å². The Bertz CT molecular complexity index is 435. The maximum Gasteiger partial charge on any atom is 0.220 e. The van der Waals surface area contributed by atoms with E-state index in [2.05, 4.69) is 21.2 Å². The molecule has 1 aliphatic heterocycles. The second-order valence-corrected chi connectivity index (χ2v) is 5.44. The average molecular weight is 286 g/mol. The van der Waals surface area contributed by atoms with Crippen LogP contribution in [0.2, 0.25) is 0 Å². The molecule has 0 aromatic heterocycles. The van der Waals surface area contributed by atoms with Crippen molar-refractivity contribution in [2.45, 2.75) is 31.7 Å². The Hall–Kier alpha value is -0.900. The smallest absolute Gasteiger partial charge is 0.220 e. The zero-order valence-corrected chi connectivity index (χ0v) is 10.6. The van der Waals surface area contributed by atoms with Gasteiger partial charge < -0.3 is 5.32 Å². The molecule has 86 valence electrons. The van der Waals surface area contributed by atoms with Gasteiger partial charge in [0.05, 0.1) is 0 Å². The molecule has 1 aliphatic rings. The minimum Gasteiger partial charge on any atom is -0.351 e. The number of nitrogens with one attached hydrogen (secondary N) is 1. The molecular weight excluding hydrogens is 273 g/mol. The van der Waals surface area contributed by atoms with E-state index in [0.717, 1.165) is 10.9 Å². The van der Waals surface area contributed by atoms with Gasteiger partial charge >= 0.3 is 0 Å². The largest absolute Gasteiger partial charge is 0.351 e. The molecule has 0 saturated carbocycles. The molecule has 1 aromatic carbocycles. The van der Waals surface area contributed by atoms with E-state index in [4.69, 9.17) is 0 Å². The lowest BCUT2D eigenvalue weighted by Gasteiger charge is -2.24. The van der Waals surface area contributed by atoms with Gasteiger partial charge in [0.2, 0.25) is 5.91 Å².